The minimum atomic E-state index is -4.55. The van der Waals surface area contributed by atoms with Crippen molar-refractivity contribution in [1.82, 2.24) is 14.3 Å². The summed E-state index contributed by atoms with van der Waals surface area (Å²) in [5.41, 5.74) is 5.75. The Morgan fingerprint density at radius 1 is 1.28 bits per heavy atom. The van der Waals surface area contributed by atoms with Crippen LogP contribution in [0.2, 0.25) is 5.02 Å². The molecule has 1 fully saturated rings. The van der Waals surface area contributed by atoms with Crippen LogP contribution >= 0.6 is 11.6 Å². The normalized spacial score (nSPS) is 16.9. The second kappa shape index (κ2) is 6.60. The molecule has 9 heteroatoms. The molecule has 2 aromatic heterocycles. The van der Waals surface area contributed by atoms with Gasteiger partial charge in [-0.25, -0.2) is 0 Å². The first-order valence-corrected chi connectivity index (χ1v) is 9.70. The molecule has 29 heavy (non-hydrogen) atoms. The van der Waals surface area contributed by atoms with Crippen molar-refractivity contribution in [3.63, 3.8) is 0 Å². The first-order valence-electron chi connectivity index (χ1n) is 9.32. The smallest absolute Gasteiger partial charge is 0.316 e. The highest BCUT2D eigenvalue weighted by atomic mass is 35.5. The number of hydrogen-bond donors (Lipinski definition) is 1. The lowest BCUT2D eigenvalue weighted by molar-refractivity contribution is -0.137. The summed E-state index contributed by atoms with van der Waals surface area (Å²) >= 11 is 5.93. The summed E-state index contributed by atoms with van der Waals surface area (Å²) in [5.74, 6) is 0. The summed E-state index contributed by atoms with van der Waals surface area (Å²) < 4.78 is 42.5. The van der Waals surface area contributed by atoms with Gasteiger partial charge in [0, 0.05) is 24.7 Å². The van der Waals surface area contributed by atoms with E-state index in [0.717, 1.165) is 18.9 Å². The number of aryl methyl sites for hydroxylation is 1. The molecule has 0 unspecified atom stereocenters. The SMILES string of the molecule is CC[C@@](N)(c1ccc(C(F)(F)F)c(Cl)c1)c1c2ccn(C3CC3)c(=O)c2nn1C. The average Bonchev–Trinajstić information content (AvgIpc) is 3.42. The number of aromatic nitrogens is 3. The third-order valence-corrected chi connectivity index (χ3v) is 5.95. The molecule has 2 N–H and O–H groups in total. The molecule has 3 aromatic rings. The van der Waals surface area contributed by atoms with E-state index in [1.54, 1.807) is 28.6 Å². The van der Waals surface area contributed by atoms with Crippen molar-refractivity contribution < 1.29 is 13.2 Å². The molecule has 2 heterocycles. The van der Waals surface area contributed by atoms with Crippen LogP contribution in [0.25, 0.3) is 10.9 Å². The summed E-state index contributed by atoms with van der Waals surface area (Å²) in [6.07, 6.45) is -0.513. The number of fused-ring (bicyclic) bond motifs is 1. The largest absolute Gasteiger partial charge is 0.417 e. The van der Waals surface area contributed by atoms with E-state index >= 15 is 0 Å². The molecule has 4 rings (SSSR count). The van der Waals surface area contributed by atoms with Crippen LogP contribution in [0, 0.1) is 0 Å². The number of nitrogens with zero attached hydrogens (tertiary/aromatic N) is 3. The highest BCUT2D eigenvalue weighted by Gasteiger charge is 2.38. The van der Waals surface area contributed by atoms with Gasteiger partial charge >= 0.3 is 6.18 Å². The van der Waals surface area contributed by atoms with Gasteiger partial charge in [0.1, 0.15) is 0 Å². The summed E-state index contributed by atoms with van der Waals surface area (Å²) in [5, 5.41) is 4.57. The maximum absolute atomic E-state index is 13.1. The van der Waals surface area contributed by atoms with Gasteiger partial charge in [-0.2, -0.15) is 18.3 Å². The van der Waals surface area contributed by atoms with Crippen LogP contribution in [0.15, 0.2) is 35.3 Å². The molecule has 0 saturated heterocycles. The van der Waals surface area contributed by atoms with Crippen LogP contribution in [-0.2, 0) is 18.8 Å². The molecular formula is C20H20ClF3N4O. The van der Waals surface area contributed by atoms with Crippen molar-refractivity contribution in [1.29, 1.82) is 0 Å². The average molecular weight is 425 g/mol. The molecule has 1 saturated carbocycles. The predicted octanol–water partition coefficient (Wildman–Crippen LogP) is 4.35. The Hall–Kier alpha value is -2.32. The molecule has 1 aromatic carbocycles. The van der Waals surface area contributed by atoms with E-state index in [1.807, 2.05) is 6.92 Å². The zero-order valence-corrected chi connectivity index (χ0v) is 16.7. The number of rotatable bonds is 4. The van der Waals surface area contributed by atoms with Gasteiger partial charge < -0.3 is 10.3 Å². The van der Waals surface area contributed by atoms with Crippen molar-refractivity contribution in [2.24, 2.45) is 12.8 Å². The number of hydrogen-bond acceptors (Lipinski definition) is 3. The second-order valence-electron chi connectivity index (χ2n) is 7.51. The van der Waals surface area contributed by atoms with Crippen LogP contribution in [-0.4, -0.2) is 14.3 Å². The minimum Gasteiger partial charge on any atom is -0.316 e. The number of nitrogens with two attached hydrogens (primary N) is 1. The number of halogens is 4. The standard InChI is InChI=1S/C20H20ClF3N4O/c1-3-19(25,11-4-7-14(15(21)10-11)20(22,23)24)17-13-8-9-28(12-5-6-12)18(29)16(13)26-27(17)2/h4,7-10,12H,3,5-6,25H2,1-2H3/t19-/m1/s1. The number of benzene rings is 1. The maximum atomic E-state index is 13.1. The summed E-state index contributed by atoms with van der Waals surface area (Å²) in [6, 6.07) is 5.54. The Bertz CT molecular complexity index is 1160. The molecule has 0 radical (unpaired) electrons. The van der Waals surface area contributed by atoms with Gasteiger partial charge in [-0.1, -0.05) is 24.6 Å². The van der Waals surface area contributed by atoms with Gasteiger partial charge in [0.15, 0.2) is 5.52 Å². The van der Waals surface area contributed by atoms with Gasteiger partial charge in [0.2, 0.25) is 0 Å². The van der Waals surface area contributed by atoms with Crippen LogP contribution in [0.3, 0.4) is 0 Å². The first-order chi connectivity index (χ1) is 13.6. The van der Waals surface area contributed by atoms with E-state index in [0.29, 0.717) is 28.6 Å². The van der Waals surface area contributed by atoms with E-state index in [9.17, 15) is 18.0 Å². The monoisotopic (exact) mass is 424 g/mol. The van der Waals surface area contributed by atoms with Gasteiger partial charge in [-0.3, -0.25) is 9.48 Å². The maximum Gasteiger partial charge on any atom is 0.417 e. The van der Waals surface area contributed by atoms with E-state index in [4.69, 9.17) is 17.3 Å². The first kappa shape index (κ1) is 20.0. The third-order valence-electron chi connectivity index (χ3n) is 5.63. The van der Waals surface area contributed by atoms with Crippen LogP contribution in [0.5, 0.6) is 0 Å². The van der Waals surface area contributed by atoms with Gasteiger partial charge in [-0.15, -0.1) is 0 Å². The molecular weight excluding hydrogens is 405 g/mol. The van der Waals surface area contributed by atoms with E-state index in [1.165, 1.54) is 12.1 Å². The van der Waals surface area contributed by atoms with E-state index in [2.05, 4.69) is 5.10 Å². The highest BCUT2D eigenvalue weighted by molar-refractivity contribution is 6.31. The van der Waals surface area contributed by atoms with Crippen LogP contribution in [0.1, 0.15) is 49.0 Å². The van der Waals surface area contributed by atoms with Gasteiger partial charge in [-0.05, 0) is 43.0 Å². The van der Waals surface area contributed by atoms with Gasteiger partial charge in [0.05, 0.1) is 21.8 Å². The fourth-order valence-corrected chi connectivity index (χ4v) is 4.19. The molecule has 1 aliphatic rings. The minimum absolute atomic E-state index is 0.184. The lowest BCUT2D eigenvalue weighted by Crippen LogP contribution is -2.39. The Balaban J connectivity index is 1.90. The summed E-state index contributed by atoms with van der Waals surface area (Å²) in [7, 11) is 1.68. The Morgan fingerprint density at radius 3 is 2.52 bits per heavy atom. The van der Waals surface area contributed by atoms with Crippen LogP contribution < -0.4 is 11.3 Å². The molecule has 1 atom stereocenters. The van der Waals surface area contributed by atoms with Gasteiger partial charge in [0.25, 0.3) is 5.56 Å². The molecule has 154 valence electrons. The topological polar surface area (TPSA) is 65.8 Å². The Labute approximate surface area is 169 Å². The molecule has 0 spiro atoms. The summed E-state index contributed by atoms with van der Waals surface area (Å²) in [6.45, 7) is 1.83. The number of pyridine rings is 1. The Morgan fingerprint density at radius 2 is 1.97 bits per heavy atom. The Kier molecular flexibility index (Phi) is 4.55. The predicted molar refractivity (Wildman–Crippen MR) is 105 cm³/mol. The summed E-state index contributed by atoms with van der Waals surface area (Å²) in [4.78, 5) is 12.8. The second-order valence-corrected chi connectivity index (χ2v) is 7.92. The lowest BCUT2D eigenvalue weighted by atomic mass is 9.83. The molecule has 0 amide bonds. The van der Waals surface area contributed by atoms with Crippen molar-refractivity contribution in [3.05, 3.63) is 62.7 Å². The molecule has 0 aliphatic heterocycles. The molecule has 5 nitrogen and oxygen atoms in total. The van der Waals surface area contributed by atoms with E-state index < -0.39 is 22.3 Å². The zero-order valence-electron chi connectivity index (χ0n) is 15.9. The number of alkyl halides is 3. The highest BCUT2D eigenvalue weighted by Crippen LogP contribution is 2.40. The fourth-order valence-electron chi connectivity index (χ4n) is 3.90. The zero-order chi connectivity index (χ0) is 21.1. The fraction of sp³-hybridized carbons (Fsp3) is 0.400. The quantitative estimate of drug-likeness (QED) is 0.677. The van der Waals surface area contributed by atoms with Crippen molar-refractivity contribution in [3.8, 4) is 0 Å². The lowest BCUT2D eigenvalue weighted by Gasteiger charge is -2.30. The molecule has 0 bridgehead atoms. The molecule has 1 aliphatic carbocycles. The van der Waals surface area contributed by atoms with Crippen molar-refractivity contribution >= 4 is 22.5 Å². The third kappa shape index (κ3) is 3.14. The van der Waals surface area contributed by atoms with Crippen molar-refractivity contribution in [2.75, 3.05) is 0 Å². The van der Waals surface area contributed by atoms with Crippen LogP contribution in [0.4, 0.5) is 13.2 Å². The van der Waals surface area contributed by atoms with E-state index in [-0.39, 0.29) is 11.6 Å². The van der Waals surface area contributed by atoms with Crippen molar-refractivity contribution in [2.45, 2.75) is 43.9 Å².